The summed E-state index contributed by atoms with van der Waals surface area (Å²) in [5, 5.41) is 19.3. The van der Waals surface area contributed by atoms with Crippen molar-refractivity contribution in [3.8, 4) is 0 Å². The van der Waals surface area contributed by atoms with E-state index in [9.17, 15) is 14.7 Å². The summed E-state index contributed by atoms with van der Waals surface area (Å²) in [6.07, 6.45) is 0.237. The number of carbonyl (C=O) groups is 2. The first-order valence-corrected chi connectivity index (χ1v) is 9.07. The van der Waals surface area contributed by atoms with E-state index in [4.69, 9.17) is 0 Å². The fourth-order valence-electron chi connectivity index (χ4n) is 2.94. The van der Waals surface area contributed by atoms with Crippen LogP contribution in [0.25, 0.3) is 0 Å². The van der Waals surface area contributed by atoms with Gasteiger partial charge in [0, 0.05) is 32.2 Å². The Morgan fingerprint density at radius 2 is 2.15 bits per heavy atom. The zero-order chi connectivity index (χ0) is 19.2. The Labute approximate surface area is 158 Å². The fraction of sp³-hybridized carbons (Fsp3) is 0.421. The molecule has 3 rings (SSSR count). The van der Waals surface area contributed by atoms with Gasteiger partial charge in [0.15, 0.2) is 5.69 Å². The maximum absolute atomic E-state index is 12.3. The molecule has 0 saturated heterocycles. The van der Waals surface area contributed by atoms with Gasteiger partial charge in [0.25, 0.3) is 11.8 Å². The summed E-state index contributed by atoms with van der Waals surface area (Å²) in [6.45, 7) is 2.46. The zero-order valence-electron chi connectivity index (χ0n) is 15.4. The Balaban J connectivity index is 1.46. The number of nitrogens with one attached hydrogen (secondary N) is 2. The van der Waals surface area contributed by atoms with Gasteiger partial charge in [-0.3, -0.25) is 14.3 Å². The van der Waals surface area contributed by atoms with Gasteiger partial charge in [-0.1, -0.05) is 30.3 Å². The van der Waals surface area contributed by atoms with Crippen LogP contribution >= 0.6 is 0 Å². The van der Waals surface area contributed by atoms with Crippen LogP contribution in [-0.4, -0.2) is 70.9 Å². The highest BCUT2D eigenvalue weighted by Gasteiger charge is 2.24. The summed E-state index contributed by atoms with van der Waals surface area (Å²) in [7, 11) is 2.01. The van der Waals surface area contributed by atoms with E-state index in [1.54, 1.807) is 0 Å². The highest BCUT2D eigenvalue weighted by atomic mass is 16.3. The molecule has 3 N–H and O–H groups in total. The first-order valence-electron chi connectivity index (χ1n) is 9.07. The normalized spacial score (nSPS) is 16.6. The minimum Gasteiger partial charge on any atom is -0.389 e. The third-order valence-corrected chi connectivity index (χ3v) is 4.53. The zero-order valence-corrected chi connectivity index (χ0v) is 15.4. The molecule has 0 radical (unpaired) electrons. The number of aliphatic hydroxyl groups is 1. The molecule has 1 unspecified atom stereocenters. The van der Waals surface area contributed by atoms with Gasteiger partial charge in [0.2, 0.25) is 0 Å². The van der Waals surface area contributed by atoms with Crippen LogP contribution in [0.15, 0.2) is 36.4 Å². The number of rotatable bonds is 7. The van der Waals surface area contributed by atoms with E-state index in [1.165, 1.54) is 16.3 Å². The average molecular weight is 371 g/mol. The summed E-state index contributed by atoms with van der Waals surface area (Å²) in [5.74, 6) is -0.659. The highest BCUT2D eigenvalue weighted by molar-refractivity contribution is 5.98. The molecular weight excluding hydrogens is 346 g/mol. The summed E-state index contributed by atoms with van der Waals surface area (Å²) in [4.78, 5) is 26.4. The number of aromatic nitrogens is 2. The highest BCUT2D eigenvalue weighted by Crippen LogP contribution is 2.09. The molecule has 144 valence electrons. The fourth-order valence-corrected chi connectivity index (χ4v) is 2.94. The number of hydrogen-bond acceptors (Lipinski definition) is 5. The molecule has 1 aromatic heterocycles. The van der Waals surface area contributed by atoms with E-state index in [1.807, 2.05) is 25.2 Å². The van der Waals surface area contributed by atoms with E-state index in [0.29, 0.717) is 13.1 Å². The van der Waals surface area contributed by atoms with Gasteiger partial charge in [-0.15, -0.1) is 0 Å². The van der Waals surface area contributed by atoms with Crippen molar-refractivity contribution < 1.29 is 14.7 Å². The second-order valence-corrected chi connectivity index (χ2v) is 6.76. The minimum absolute atomic E-state index is 0.180. The number of nitrogens with zero attached hydrogens (tertiary/aromatic N) is 3. The molecular formula is C19H25N5O3. The van der Waals surface area contributed by atoms with Crippen LogP contribution in [-0.2, 0) is 13.0 Å². The predicted octanol–water partition coefficient (Wildman–Crippen LogP) is -0.108. The van der Waals surface area contributed by atoms with Gasteiger partial charge < -0.3 is 20.6 Å². The van der Waals surface area contributed by atoms with Crippen LogP contribution in [0.2, 0.25) is 0 Å². The largest absolute Gasteiger partial charge is 0.389 e. The maximum Gasteiger partial charge on any atom is 0.271 e. The van der Waals surface area contributed by atoms with Gasteiger partial charge >= 0.3 is 0 Å². The van der Waals surface area contributed by atoms with Crippen LogP contribution in [0.3, 0.4) is 0 Å². The third-order valence-electron chi connectivity index (χ3n) is 4.53. The number of hydrogen-bond donors (Lipinski definition) is 3. The topological polar surface area (TPSA) is 99.5 Å². The van der Waals surface area contributed by atoms with Crippen molar-refractivity contribution in [2.45, 2.75) is 19.1 Å². The van der Waals surface area contributed by atoms with Gasteiger partial charge in [-0.05, 0) is 19.0 Å². The lowest BCUT2D eigenvalue weighted by Gasteiger charge is -2.16. The monoisotopic (exact) mass is 371 g/mol. The summed E-state index contributed by atoms with van der Waals surface area (Å²) in [5.41, 5.74) is 1.76. The molecule has 0 aliphatic carbocycles. The maximum atomic E-state index is 12.3. The van der Waals surface area contributed by atoms with Crippen LogP contribution in [0.5, 0.6) is 0 Å². The molecule has 0 bridgehead atoms. The predicted molar refractivity (Wildman–Crippen MR) is 101 cm³/mol. The van der Waals surface area contributed by atoms with Crippen LogP contribution in [0.4, 0.5) is 0 Å². The molecule has 0 spiro atoms. The second-order valence-electron chi connectivity index (χ2n) is 6.76. The Morgan fingerprint density at radius 3 is 2.93 bits per heavy atom. The molecule has 8 nitrogen and oxygen atoms in total. The molecule has 1 aliphatic heterocycles. The minimum atomic E-state index is -0.718. The first-order chi connectivity index (χ1) is 13.0. The SMILES string of the molecule is CN(CCNC(=O)c1cc2n(n1)CC(O)CNC2=O)CCc1ccccc1. The van der Waals surface area contributed by atoms with Crippen molar-refractivity contribution in [1.82, 2.24) is 25.3 Å². The van der Waals surface area contributed by atoms with Crippen molar-refractivity contribution in [2.24, 2.45) is 0 Å². The molecule has 0 saturated carbocycles. The van der Waals surface area contributed by atoms with Crippen molar-refractivity contribution in [3.63, 3.8) is 0 Å². The number of benzene rings is 1. The van der Waals surface area contributed by atoms with E-state index >= 15 is 0 Å². The van der Waals surface area contributed by atoms with Crippen molar-refractivity contribution in [3.05, 3.63) is 53.3 Å². The smallest absolute Gasteiger partial charge is 0.271 e. The molecule has 27 heavy (non-hydrogen) atoms. The van der Waals surface area contributed by atoms with Gasteiger partial charge in [-0.25, -0.2) is 0 Å². The van der Waals surface area contributed by atoms with Crippen LogP contribution in [0.1, 0.15) is 26.5 Å². The Kier molecular flexibility index (Phi) is 6.20. The number of carbonyl (C=O) groups excluding carboxylic acids is 2. The van der Waals surface area contributed by atoms with E-state index < -0.39 is 6.10 Å². The third kappa shape index (κ3) is 5.15. The molecule has 2 amide bonds. The standard InChI is InChI=1S/C19H25N5O3/c1-23(9-7-14-5-3-2-4-6-14)10-8-20-18(26)16-11-17-19(27)21-12-15(25)13-24(17)22-16/h2-6,11,15,25H,7-10,12-13H2,1H3,(H,20,26)(H,21,27). The average Bonchev–Trinajstić information content (AvgIpc) is 3.03. The molecule has 2 heterocycles. The lowest BCUT2D eigenvalue weighted by molar-refractivity contribution is 0.0931. The van der Waals surface area contributed by atoms with E-state index in [2.05, 4.69) is 32.8 Å². The molecule has 1 aliphatic rings. The molecule has 8 heteroatoms. The number of aliphatic hydroxyl groups excluding tert-OH is 1. The van der Waals surface area contributed by atoms with E-state index in [0.717, 1.165) is 13.0 Å². The number of likely N-dealkylation sites (N-methyl/N-ethyl adjacent to an activating group) is 1. The summed E-state index contributed by atoms with van der Waals surface area (Å²) < 4.78 is 1.38. The number of fused-ring (bicyclic) bond motifs is 1. The van der Waals surface area contributed by atoms with Gasteiger partial charge in [0.1, 0.15) is 5.69 Å². The Bertz CT molecular complexity index is 790. The van der Waals surface area contributed by atoms with Crippen molar-refractivity contribution in [1.29, 1.82) is 0 Å². The van der Waals surface area contributed by atoms with Gasteiger partial charge in [-0.2, -0.15) is 5.10 Å². The number of amides is 2. The Hall–Kier alpha value is -2.71. The molecule has 0 fully saturated rings. The second kappa shape index (κ2) is 8.79. The molecule has 1 atom stereocenters. The molecule has 2 aromatic rings. The van der Waals surface area contributed by atoms with E-state index in [-0.39, 0.29) is 36.3 Å². The lowest BCUT2D eigenvalue weighted by Crippen LogP contribution is -2.34. The Morgan fingerprint density at radius 1 is 1.37 bits per heavy atom. The van der Waals surface area contributed by atoms with Crippen molar-refractivity contribution in [2.75, 3.05) is 33.2 Å². The number of β-amino-alcohol motifs (C(OH)–C–C–N with tert-alkyl or cyclic N) is 1. The first kappa shape index (κ1) is 19.1. The summed E-state index contributed by atoms with van der Waals surface area (Å²) in [6, 6.07) is 11.7. The molecule has 1 aromatic carbocycles. The summed E-state index contributed by atoms with van der Waals surface area (Å²) >= 11 is 0. The van der Waals surface area contributed by atoms with Crippen LogP contribution < -0.4 is 10.6 Å². The lowest BCUT2D eigenvalue weighted by atomic mass is 10.1. The quantitative estimate of drug-likeness (QED) is 0.631. The van der Waals surface area contributed by atoms with Crippen molar-refractivity contribution >= 4 is 11.8 Å². The van der Waals surface area contributed by atoms with Crippen LogP contribution in [0, 0.1) is 0 Å². The van der Waals surface area contributed by atoms with Gasteiger partial charge in [0.05, 0.1) is 12.6 Å².